The van der Waals surface area contributed by atoms with Gasteiger partial charge < -0.3 is 14.6 Å². The second-order valence-electron chi connectivity index (χ2n) is 6.40. The smallest absolute Gasteiger partial charge is 0.258 e. The average Bonchev–Trinajstić information content (AvgIpc) is 3.10. The summed E-state index contributed by atoms with van der Waals surface area (Å²) in [5.41, 5.74) is 0.437. The number of amides is 1. The number of carbonyl (C=O) groups excluding carboxylic acids is 1. The number of thiophene rings is 1. The number of ether oxygens (including phenoxy) is 1. The van der Waals surface area contributed by atoms with Gasteiger partial charge in [0.15, 0.2) is 0 Å². The van der Waals surface area contributed by atoms with Gasteiger partial charge >= 0.3 is 0 Å². The molecular formula is C20H22BrN3O3S. The standard InChI is InChI=1S/C20H22BrN3O3S/c1-27-12-11-24(19(25)8-4-5-14-9-10-17(21)28-14)13-18-22-16-7-3-2-6-15(16)20(26)23-18/h2-3,6-7,9-10H,4-5,8,11-13H2,1H3,(H,22,23,26). The Morgan fingerprint density at radius 1 is 1.29 bits per heavy atom. The van der Waals surface area contributed by atoms with Crippen LogP contribution >= 0.6 is 27.3 Å². The third-order valence-corrected chi connectivity index (χ3v) is 6.05. The number of H-pyrrole nitrogens is 1. The van der Waals surface area contributed by atoms with E-state index in [1.807, 2.05) is 12.1 Å². The Morgan fingerprint density at radius 2 is 2.11 bits per heavy atom. The minimum atomic E-state index is -0.192. The van der Waals surface area contributed by atoms with Crippen LogP contribution < -0.4 is 5.56 Å². The fraction of sp³-hybridized carbons (Fsp3) is 0.350. The van der Waals surface area contributed by atoms with Gasteiger partial charge in [0.25, 0.3) is 5.56 Å². The van der Waals surface area contributed by atoms with Gasteiger partial charge in [-0.1, -0.05) is 12.1 Å². The van der Waals surface area contributed by atoms with Crippen molar-refractivity contribution in [3.8, 4) is 0 Å². The van der Waals surface area contributed by atoms with Crippen LogP contribution in [0.25, 0.3) is 10.9 Å². The number of aromatic amines is 1. The summed E-state index contributed by atoms with van der Waals surface area (Å²) >= 11 is 5.15. The number of fused-ring (bicyclic) bond motifs is 1. The van der Waals surface area contributed by atoms with Crippen LogP contribution in [0, 0.1) is 0 Å². The first kappa shape index (κ1) is 20.7. The van der Waals surface area contributed by atoms with Crippen molar-refractivity contribution < 1.29 is 9.53 Å². The number of nitrogens with zero attached hydrogens (tertiary/aromatic N) is 2. The molecule has 0 saturated heterocycles. The lowest BCUT2D eigenvalue weighted by molar-refractivity contribution is -0.132. The second kappa shape index (κ2) is 9.95. The molecule has 0 radical (unpaired) electrons. The molecule has 0 atom stereocenters. The van der Waals surface area contributed by atoms with Crippen LogP contribution in [-0.4, -0.2) is 41.0 Å². The van der Waals surface area contributed by atoms with E-state index in [0.29, 0.717) is 36.3 Å². The number of aryl methyl sites for hydroxylation is 1. The average molecular weight is 464 g/mol. The van der Waals surface area contributed by atoms with E-state index in [0.717, 1.165) is 16.6 Å². The number of halogens is 1. The van der Waals surface area contributed by atoms with Gasteiger partial charge in [-0.15, -0.1) is 11.3 Å². The van der Waals surface area contributed by atoms with Crippen LogP contribution in [0.5, 0.6) is 0 Å². The predicted octanol–water partition coefficient (Wildman–Crippen LogP) is 3.75. The Morgan fingerprint density at radius 3 is 2.86 bits per heavy atom. The molecule has 1 N–H and O–H groups in total. The van der Waals surface area contributed by atoms with E-state index in [1.54, 1.807) is 41.5 Å². The highest BCUT2D eigenvalue weighted by atomic mass is 79.9. The molecule has 148 valence electrons. The highest BCUT2D eigenvalue weighted by Crippen LogP contribution is 2.23. The fourth-order valence-electron chi connectivity index (χ4n) is 2.94. The monoisotopic (exact) mass is 463 g/mol. The van der Waals surface area contributed by atoms with E-state index in [2.05, 4.69) is 32.0 Å². The maximum atomic E-state index is 12.7. The number of hydrogen-bond donors (Lipinski definition) is 1. The lowest BCUT2D eigenvalue weighted by Gasteiger charge is -2.22. The molecule has 0 aliphatic heterocycles. The van der Waals surface area contributed by atoms with Crippen LogP contribution in [0.2, 0.25) is 0 Å². The Kier molecular flexibility index (Phi) is 7.36. The van der Waals surface area contributed by atoms with E-state index in [-0.39, 0.29) is 18.0 Å². The second-order valence-corrected chi connectivity index (χ2v) is 8.94. The predicted molar refractivity (Wildman–Crippen MR) is 115 cm³/mol. The van der Waals surface area contributed by atoms with Gasteiger partial charge in [-0.2, -0.15) is 0 Å². The number of nitrogens with one attached hydrogen (secondary N) is 1. The quantitative estimate of drug-likeness (QED) is 0.524. The zero-order chi connectivity index (χ0) is 19.9. The van der Waals surface area contributed by atoms with Crippen LogP contribution in [0.3, 0.4) is 0 Å². The largest absolute Gasteiger partial charge is 0.383 e. The molecule has 0 aliphatic carbocycles. The molecule has 0 fully saturated rings. The first-order valence-corrected chi connectivity index (χ1v) is 10.7. The molecule has 2 heterocycles. The van der Waals surface area contributed by atoms with Crippen LogP contribution in [0.1, 0.15) is 23.5 Å². The Balaban J connectivity index is 1.67. The van der Waals surface area contributed by atoms with Crippen LogP contribution in [0.15, 0.2) is 45.0 Å². The molecule has 3 aromatic rings. The van der Waals surface area contributed by atoms with Crippen molar-refractivity contribution in [1.82, 2.24) is 14.9 Å². The fourth-order valence-corrected chi connectivity index (χ4v) is 4.47. The molecule has 8 heteroatoms. The van der Waals surface area contributed by atoms with Crippen molar-refractivity contribution in [2.75, 3.05) is 20.3 Å². The van der Waals surface area contributed by atoms with Crippen molar-refractivity contribution in [2.45, 2.75) is 25.8 Å². The normalized spacial score (nSPS) is 11.1. The maximum Gasteiger partial charge on any atom is 0.258 e. The number of rotatable bonds is 9. The van der Waals surface area contributed by atoms with E-state index in [9.17, 15) is 9.59 Å². The summed E-state index contributed by atoms with van der Waals surface area (Å²) in [6.45, 7) is 1.14. The van der Waals surface area contributed by atoms with E-state index >= 15 is 0 Å². The summed E-state index contributed by atoms with van der Waals surface area (Å²) < 4.78 is 6.24. The van der Waals surface area contributed by atoms with E-state index < -0.39 is 0 Å². The van der Waals surface area contributed by atoms with Gasteiger partial charge in [0, 0.05) is 25.0 Å². The lowest BCUT2D eigenvalue weighted by atomic mass is 10.2. The van der Waals surface area contributed by atoms with Crippen LogP contribution in [0.4, 0.5) is 0 Å². The van der Waals surface area contributed by atoms with Gasteiger partial charge in [0.1, 0.15) is 5.82 Å². The Labute approximate surface area is 175 Å². The van der Waals surface area contributed by atoms with Crippen LogP contribution in [-0.2, 0) is 22.5 Å². The Hall–Kier alpha value is -2.03. The molecule has 0 aliphatic rings. The first-order chi connectivity index (χ1) is 13.6. The molecular weight excluding hydrogens is 442 g/mol. The van der Waals surface area contributed by atoms with Crippen molar-refractivity contribution in [3.63, 3.8) is 0 Å². The summed E-state index contributed by atoms with van der Waals surface area (Å²) in [4.78, 5) is 35.3. The zero-order valence-corrected chi connectivity index (χ0v) is 18.0. The Bertz CT molecular complexity index is 1000. The molecule has 1 amide bonds. The summed E-state index contributed by atoms with van der Waals surface area (Å²) in [6, 6.07) is 11.3. The zero-order valence-electron chi connectivity index (χ0n) is 15.6. The molecule has 0 spiro atoms. The number of methoxy groups -OCH3 is 1. The van der Waals surface area contributed by atoms with Crippen molar-refractivity contribution in [3.05, 3.63) is 61.2 Å². The van der Waals surface area contributed by atoms with Gasteiger partial charge in [-0.25, -0.2) is 4.98 Å². The number of aromatic nitrogens is 2. The summed E-state index contributed by atoms with van der Waals surface area (Å²) in [6.07, 6.45) is 2.08. The molecule has 28 heavy (non-hydrogen) atoms. The third-order valence-electron chi connectivity index (χ3n) is 4.36. The highest BCUT2D eigenvalue weighted by Gasteiger charge is 2.16. The van der Waals surface area contributed by atoms with Gasteiger partial charge in [0.05, 0.1) is 27.8 Å². The van der Waals surface area contributed by atoms with Crippen molar-refractivity contribution >= 4 is 44.1 Å². The number of benzene rings is 1. The van der Waals surface area contributed by atoms with Gasteiger partial charge in [-0.05, 0) is 53.0 Å². The van der Waals surface area contributed by atoms with Crippen molar-refractivity contribution in [1.29, 1.82) is 0 Å². The molecule has 6 nitrogen and oxygen atoms in total. The number of para-hydroxylation sites is 1. The highest BCUT2D eigenvalue weighted by molar-refractivity contribution is 9.11. The molecule has 0 saturated carbocycles. The molecule has 0 bridgehead atoms. The SMILES string of the molecule is COCCN(Cc1nc2ccccc2c(=O)[nH]1)C(=O)CCCc1ccc(Br)s1. The molecule has 1 aromatic carbocycles. The summed E-state index contributed by atoms with van der Waals surface area (Å²) in [7, 11) is 1.60. The minimum Gasteiger partial charge on any atom is -0.383 e. The summed E-state index contributed by atoms with van der Waals surface area (Å²) in [5.74, 6) is 0.513. The summed E-state index contributed by atoms with van der Waals surface area (Å²) in [5, 5.41) is 0.545. The third kappa shape index (κ3) is 5.50. The van der Waals surface area contributed by atoms with Gasteiger partial charge in [-0.3, -0.25) is 9.59 Å². The number of hydrogen-bond acceptors (Lipinski definition) is 5. The van der Waals surface area contributed by atoms with E-state index in [4.69, 9.17) is 4.74 Å². The maximum absolute atomic E-state index is 12.7. The molecule has 0 unspecified atom stereocenters. The number of carbonyl (C=O) groups is 1. The topological polar surface area (TPSA) is 75.3 Å². The van der Waals surface area contributed by atoms with Crippen molar-refractivity contribution in [2.24, 2.45) is 0 Å². The minimum absolute atomic E-state index is 0.0310. The molecule has 2 aromatic heterocycles. The van der Waals surface area contributed by atoms with Gasteiger partial charge in [0.2, 0.25) is 5.91 Å². The lowest BCUT2D eigenvalue weighted by Crippen LogP contribution is -2.34. The van der Waals surface area contributed by atoms with E-state index in [1.165, 1.54) is 4.88 Å². The molecule has 3 rings (SSSR count). The first-order valence-electron chi connectivity index (χ1n) is 9.05.